The average Bonchev–Trinajstić information content (AvgIpc) is 2.87. The molecule has 1 aromatic heterocycles. The van der Waals surface area contributed by atoms with Crippen molar-refractivity contribution >= 4 is 21.4 Å². The second-order valence-electron chi connectivity index (χ2n) is 3.80. The molecule has 108 valence electrons. The Morgan fingerprint density at radius 2 is 1.85 bits per heavy atom. The predicted molar refractivity (Wildman–Crippen MR) is 70.4 cm³/mol. The Kier molecular flexibility index (Phi) is 3.82. The van der Waals surface area contributed by atoms with Crippen LogP contribution < -0.4 is 9.47 Å². The largest absolute Gasteiger partial charge is 0.495 e. The van der Waals surface area contributed by atoms with Crippen LogP contribution in [0.5, 0.6) is 11.5 Å². The summed E-state index contributed by atoms with van der Waals surface area (Å²) in [7, 11) is -0.734. The Balaban J connectivity index is 2.73. The average molecular weight is 319 g/mol. The van der Waals surface area contributed by atoms with Gasteiger partial charge < -0.3 is 9.47 Å². The number of methoxy groups -OCH3 is 2. The van der Waals surface area contributed by atoms with Gasteiger partial charge in [0.25, 0.3) is 5.16 Å². The van der Waals surface area contributed by atoms with Crippen molar-refractivity contribution in [2.24, 2.45) is 0 Å². The maximum Gasteiger partial charge on any atom is 0.272 e. The summed E-state index contributed by atoms with van der Waals surface area (Å²) in [5.74, 6) is 0.658. The molecule has 1 heterocycles. The zero-order valence-corrected chi connectivity index (χ0v) is 12.4. The van der Waals surface area contributed by atoms with Crippen molar-refractivity contribution in [2.45, 2.75) is 5.16 Å². The zero-order chi connectivity index (χ0) is 14.9. The molecule has 0 saturated carbocycles. The highest BCUT2D eigenvalue weighted by Crippen LogP contribution is 2.34. The molecule has 0 fully saturated rings. The minimum absolute atomic E-state index is 0.305. The number of rotatable bonds is 4. The summed E-state index contributed by atoms with van der Waals surface area (Å²) < 4.78 is 34.6. The van der Waals surface area contributed by atoms with Crippen molar-refractivity contribution in [1.82, 2.24) is 20.2 Å². The van der Waals surface area contributed by atoms with Gasteiger partial charge in [0, 0.05) is 18.4 Å². The standard InChI is InChI=1S/C10H11ClN4O4S/c1-18-8-5-7(9(19-2)4-6(8)11)15-10(12-13-14-15)20(3,16)17/h4-5H,1-3H3. The van der Waals surface area contributed by atoms with Gasteiger partial charge >= 0.3 is 0 Å². The maximum atomic E-state index is 11.6. The Labute approximate surface area is 120 Å². The Morgan fingerprint density at radius 1 is 1.20 bits per heavy atom. The van der Waals surface area contributed by atoms with E-state index in [1.807, 2.05) is 0 Å². The van der Waals surface area contributed by atoms with Gasteiger partial charge in [-0.25, -0.2) is 8.42 Å². The van der Waals surface area contributed by atoms with E-state index in [0.29, 0.717) is 22.2 Å². The lowest BCUT2D eigenvalue weighted by molar-refractivity contribution is 0.399. The lowest BCUT2D eigenvalue weighted by atomic mass is 10.2. The first kappa shape index (κ1) is 14.5. The molecule has 2 aromatic rings. The van der Waals surface area contributed by atoms with Gasteiger partial charge in [0.1, 0.15) is 17.2 Å². The number of ether oxygens (including phenoxy) is 2. The summed E-state index contributed by atoms with van der Waals surface area (Å²) in [6.07, 6.45) is 1.01. The van der Waals surface area contributed by atoms with Crippen molar-refractivity contribution in [1.29, 1.82) is 0 Å². The molecule has 8 nitrogen and oxygen atoms in total. The topological polar surface area (TPSA) is 96.2 Å². The quantitative estimate of drug-likeness (QED) is 0.820. The first-order valence-electron chi connectivity index (χ1n) is 5.28. The lowest BCUT2D eigenvalue weighted by Crippen LogP contribution is -2.10. The number of benzene rings is 1. The normalized spacial score (nSPS) is 11.4. The molecule has 0 aliphatic rings. The van der Waals surface area contributed by atoms with E-state index in [-0.39, 0.29) is 5.16 Å². The number of aromatic nitrogens is 4. The third-order valence-electron chi connectivity index (χ3n) is 2.45. The molecular formula is C10H11ClN4O4S. The van der Waals surface area contributed by atoms with Crippen LogP contribution in [0.25, 0.3) is 5.69 Å². The number of sulfone groups is 1. The molecule has 0 aliphatic carbocycles. The minimum atomic E-state index is -3.60. The Hall–Kier alpha value is -1.87. The summed E-state index contributed by atoms with van der Waals surface area (Å²) in [6, 6.07) is 2.98. The Bertz CT molecular complexity index is 744. The van der Waals surface area contributed by atoms with Crippen molar-refractivity contribution in [3.05, 3.63) is 17.2 Å². The number of halogens is 1. The molecule has 0 saturated heterocycles. The van der Waals surface area contributed by atoms with Gasteiger partial charge in [0.05, 0.1) is 19.2 Å². The number of tetrazole rings is 1. The highest BCUT2D eigenvalue weighted by atomic mass is 35.5. The maximum absolute atomic E-state index is 11.6. The lowest BCUT2D eigenvalue weighted by Gasteiger charge is -2.12. The van der Waals surface area contributed by atoms with E-state index in [1.54, 1.807) is 0 Å². The van der Waals surface area contributed by atoms with Crippen LogP contribution >= 0.6 is 11.6 Å². The molecule has 1 aromatic carbocycles. The molecule has 0 spiro atoms. The van der Waals surface area contributed by atoms with Gasteiger partial charge in [-0.2, -0.15) is 4.68 Å². The monoisotopic (exact) mass is 318 g/mol. The molecule has 0 aliphatic heterocycles. The minimum Gasteiger partial charge on any atom is -0.495 e. The van der Waals surface area contributed by atoms with Crippen LogP contribution in [0.1, 0.15) is 0 Å². The molecule has 0 atom stereocenters. The molecule has 2 rings (SSSR count). The van der Waals surface area contributed by atoms with E-state index in [1.165, 1.54) is 26.4 Å². The molecule has 0 bridgehead atoms. The van der Waals surface area contributed by atoms with Crippen molar-refractivity contribution < 1.29 is 17.9 Å². The summed E-state index contributed by atoms with van der Waals surface area (Å²) in [5, 5.41) is 10.6. The Morgan fingerprint density at radius 3 is 2.40 bits per heavy atom. The zero-order valence-electron chi connectivity index (χ0n) is 10.9. The summed E-state index contributed by atoms with van der Waals surface area (Å²) in [6.45, 7) is 0. The highest BCUT2D eigenvalue weighted by molar-refractivity contribution is 7.90. The van der Waals surface area contributed by atoms with E-state index < -0.39 is 9.84 Å². The molecule has 10 heteroatoms. The third-order valence-corrected chi connectivity index (χ3v) is 3.67. The summed E-state index contributed by atoms with van der Waals surface area (Å²) in [4.78, 5) is 0. The fraction of sp³-hybridized carbons (Fsp3) is 0.300. The van der Waals surface area contributed by atoms with E-state index in [9.17, 15) is 8.42 Å². The molecule has 20 heavy (non-hydrogen) atoms. The smallest absolute Gasteiger partial charge is 0.272 e. The SMILES string of the molecule is COc1cc(-n2nnnc2S(C)(=O)=O)c(OC)cc1Cl. The second kappa shape index (κ2) is 5.25. The molecule has 0 unspecified atom stereocenters. The van der Waals surface area contributed by atoms with Crippen LogP contribution in [-0.2, 0) is 9.84 Å². The van der Waals surface area contributed by atoms with E-state index in [2.05, 4.69) is 15.5 Å². The first-order valence-corrected chi connectivity index (χ1v) is 7.55. The van der Waals surface area contributed by atoms with Crippen LogP contribution in [0, 0.1) is 0 Å². The summed E-state index contributed by atoms with van der Waals surface area (Å²) in [5.41, 5.74) is 0.305. The molecular weight excluding hydrogens is 308 g/mol. The fourth-order valence-corrected chi connectivity index (χ4v) is 2.44. The number of hydrogen-bond acceptors (Lipinski definition) is 7. The highest BCUT2D eigenvalue weighted by Gasteiger charge is 2.22. The van der Waals surface area contributed by atoms with Gasteiger partial charge in [-0.3, -0.25) is 0 Å². The van der Waals surface area contributed by atoms with E-state index in [0.717, 1.165) is 10.9 Å². The van der Waals surface area contributed by atoms with Gasteiger partial charge in [-0.15, -0.1) is 0 Å². The van der Waals surface area contributed by atoms with E-state index >= 15 is 0 Å². The van der Waals surface area contributed by atoms with Crippen LogP contribution in [0.15, 0.2) is 17.3 Å². The van der Waals surface area contributed by atoms with Crippen molar-refractivity contribution in [2.75, 3.05) is 20.5 Å². The van der Waals surface area contributed by atoms with Gasteiger partial charge in [-0.1, -0.05) is 16.7 Å². The number of nitrogens with zero attached hydrogens (tertiary/aromatic N) is 4. The van der Waals surface area contributed by atoms with Gasteiger partial charge in [0.15, 0.2) is 0 Å². The molecule has 0 radical (unpaired) electrons. The van der Waals surface area contributed by atoms with Crippen LogP contribution in [0.4, 0.5) is 0 Å². The van der Waals surface area contributed by atoms with Crippen LogP contribution in [-0.4, -0.2) is 49.1 Å². The van der Waals surface area contributed by atoms with E-state index in [4.69, 9.17) is 21.1 Å². The van der Waals surface area contributed by atoms with Gasteiger partial charge in [-0.05, 0) is 10.4 Å². The van der Waals surface area contributed by atoms with Gasteiger partial charge in [0.2, 0.25) is 9.84 Å². The van der Waals surface area contributed by atoms with Crippen LogP contribution in [0.2, 0.25) is 5.02 Å². The first-order chi connectivity index (χ1) is 9.38. The van der Waals surface area contributed by atoms with Crippen LogP contribution in [0.3, 0.4) is 0 Å². The fourth-order valence-electron chi connectivity index (χ4n) is 1.57. The van der Waals surface area contributed by atoms with Crippen molar-refractivity contribution in [3.8, 4) is 17.2 Å². The molecule has 0 N–H and O–H groups in total. The summed E-state index contributed by atoms with van der Waals surface area (Å²) >= 11 is 5.99. The predicted octanol–water partition coefficient (Wildman–Crippen LogP) is 0.736. The third kappa shape index (κ3) is 2.54. The molecule has 0 amide bonds. The van der Waals surface area contributed by atoms with Crippen molar-refractivity contribution in [3.63, 3.8) is 0 Å². The second-order valence-corrected chi connectivity index (χ2v) is 6.12. The number of hydrogen-bond donors (Lipinski definition) is 0.